The third-order valence-corrected chi connectivity index (χ3v) is 3.12. The number of nitrogens with two attached hydrogens (primary N) is 1. The first-order valence-electron chi connectivity index (χ1n) is 5.43. The van der Waals surface area contributed by atoms with E-state index in [1.807, 2.05) is 13.1 Å². The van der Waals surface area contributed by atoms with Crippen molar-refractivity contribution in [1.82, 2.24) is 4.98 Å². The second-order valence-electron chi connectivity index (χ2n) is 4.74. The van der Waals surface area contributed by atoms with Crippen molar-refractivity contribution in [3.63, 3.8) is 0 Å². The van der Waals surface area contributed by atoms with Crippen molar-refractivity contribution in [2.45, 2.75) is 38.6 Å². The quantitative estimate of drug-likeness (QED) is 0.746. The molecule has 2 nitrogen and oxygen atoms in total. The van der Waals surface area contributed by atoms with Crippen LogP contribution in [0.3, 0.4) is 0 Å². The highest BCUT2D eigenvalue weighted by atomic mass is 14.7. The third-order valence-electron chi connectivity index (χ3n) is 3.12. The summed E-state index contributed by atoms with van der Waals surface area (Å²) >= 11 is 0. The van der Waals surface area contributed by atoms with Crippen LogP contribution in [-0.4, -0.2) is 11.0 Å². The van der Waals surface area contributed by atoms with Crippen LogP contribution in [0.15, 0.2) is 24.4 Å². The van der Waals surface area contributed by atoms with E-state index in [1.165, 1.54) is 11.1 Å². The highest BCUT2D eigenvalue weighted by Gasteiger charge is 2.37. The van der Waals surface area contributed by atoms with Crippen molar-refractivity contribution >= 4 is 0 Å². The zero-order chi connectivity index (χ0) is 11.1. The van der Waals surface area contributed by atoms with Crippen molar-refractivity contribution in [1.29, 1.82) is 0 Å². The molecule has 2 atom stereocenters. The SMILES string of the molecule is Cc1nccc2c1C(C)(C=CC(C)N)C2. The molecule has 2 heteroatoms. The molecule has 1 aliphatic carbocycles. The van der Waals surface area contributed by atoms with Gasteiger partial charge in [0.1, 0.15) is 0 Å². The Morgan fingerprint density at radius 1 is 1.60 bits per heavy atom. The van der Waals surface area contributed by atoms with Crippen LogP contribution in [0.2, 0.25) is 0 Å². The van der Waals surface area contributed by atoms with E-state index in [0.29, 0.717) is 0 Å². The Balaban J connectivity index is 2.33. The van der Waals surface area contributed by atoms with E-state index < -0.39 is 0 Å². The van der Waals surface area contributed by atoms with Gasteiger partial charge in [-0.1, -0.05) is 19.1 Å². The Bertz CT molecular complexity index is 393. The summed E-state index contributed by atoms with van der Waals surface area (Å²) in [6.45, 7) is 6.33. The van der Waals surface area contributed by atoms with Gasteiger partial charge in [-0.25, -0.2) is 0 Å². The minimum atomic E-state index is 0.128. The molecule has 1 heterocycles. The fourth-order valence-electron chi connectivity index (χ4n) is 2.43. The summed E-state index contributed by atoms with van der Waals surface area (Å²) in [5, 5.41) is 0. The molecule has 1 aliphatic rings. The van der Waals surface area contributed by atoms with Gasteiger partial charge in [-0.3, -0.25) is 4.98 Å². The van der Waals surface area contributed by atoms with Gasteiger partial charge in [-0.15, -0.1) is 0 Å². The molecule has 0 radical (unpaired) electrons. The van der Waals surface area contributed by atoms with E-state index >= 15 is 0 Å². The number of aromatic nitrogens is 1. The van der Waals surface area contributed by atoms with Gasteiger partial charge >= 0.3 is 0 Å². The highest BCUT2D eigenvalue weighted by molar-refractivity contribution is 5.50. The maximum Gasteiger partial charge on any atom is 0.0416 e. The second kappa shape index (κ2) is 3.46. The summed E-state index contributed by atoms with van der Waals surface area (Å²) in [6, 6.07) is 2.24. The largest absolute Gasteiger partial charge is 0.325 e. The van der Waals surface area contributed by atoms with Crippen LogP contribution in [0, 0.1) is 6.92 Å². The average Bonchev–Trinajstić information content (AvgIpc) is 2.12. The molecule has 0 aliphatic heterocycles. The number of pyridine rings is 1. The molecular weight excluding hydrogens is 184 g/mol. The predicted molar refractivity (Wildman–Crippen MR) is 62.8 cm³/mol. The molecule has 0 spiro atoms. The zero-order valence-electron chi connectivity index (χ0n) is 9.62. The summed E-state index contributed by atoms with van der Waals surface area (Å²) in [5.41, 5.74) is 9.86. The van der Waals surface area contributed by atoms with Crippen molar-refractivity contribution in [2.75, 3.05) is 0 Å². The number of hydrogen-bond acceptors (Lipinski definition) is 2. The lowest BCUT2D eigenvalue weighted by Gasteiger charge is -2.40. The molecule has 1 aromatic rings. The van der Waals surface area contributed by atoms with Crippen LogP contribution in [-0.2, 0) is 11.8 Å². The van der Waals surface area contributed by atoms with Gasteiger partial charge in [-0.2, -0.15) is 0 Å². The Labute approximate surface area is 91.2 Å². The van der Waals surface area contributed by atoms with E-state index in [2.05, 4.69) is 37.0 Å². The Hall–Kier alpha value is -1.15. The number of aryl methyl sites for hydroxylation is 1. The zero-order valence-corrected chi connectivity index (χ0v) is 9.62. The fourth-order valence-corrected chi connectivity index (χ4v) is 2.43. The molecule has 2 N–H and O–H groups in total. The smallest absolute Gasteiger partial charge is 0.0416 e. The molecule has 2 rings (SSSR count). The van der Waals surface area contributed by atoms with Gasteiger partial charge in [0, 0.05) is 23.3 Å². The first kappa shape index (κ1) is 10.4. The van der Waals surface area contributed by atoms with Crippen molar-refractivity contribution in [3.05, 3.63) is 41.2 Å². The highest BCUT2D eigenvalue weighted by Crippen LogP contribution is 2.43. The van der Waals surface area contributed by atoms with Crippen LogP contribution in [0.25, 0.3) is 0 Å². The summed E-state index contributed by atoms with van der Waals surface area (Å²) < 4.78 is 0. The molecule has 0 saturated carbocycles. The van der Waals surface area contributed by atoms with E-state index in [1.54, 1.807) is 0 Å². The number of nitrogens with zero attached hydrogens (tertiary/aromatic N) is 1. The minimum Gasteiger partial charge on any atom is -0.325 e. The predicted octanol–water partition coefficient (Wildman–Crippen LogP) is 2.11. The van der Waals surface area contributed by atoms with E-state index in [9.17, 15) is 0 Å². The molecule has 0 aromatic carbocycles. The van der Waals surface area contributed by atoms with Crippen LogP contribution in [0.1, 0.15) is 30.7 Å². The lowest BCUT2D eigenvalue weighted by atomic mass is 9.64. The van der Waals surface area contributed by atoms with Crippen LogP contribution < -0.4 is 5.73 Å². The normalized spacial score (nSPS) is 26.1. The van der Waals surface area contributed by atoms with Crippen molar-refractivity contribution < 1.29 is 0 Å². The van der Waals surface area contributed by atoms with Gasteiger partial charge in [0.15, 0.2) is 0 Å². The standard InChI is InChI=1S/C13H18N2/c1-9(14)4-6-13(3)8-11-5-7-15-10(2)12(11)13/h4-7,9H,8,14H2,1-3H3. The molecule has 0 bridgehead atoms. The number of rotatable bonds is 2. The van der Waals surface area contributed by atoms with E-state index in [0.717, 1.165) is 12.1 Å². The topological polar surface area (TPSA) is 38.9 Å². The summed E-state index contributed by atoms with van der Waals surface area (Å²) in [5.74, 6) is 0. The second-order valence-corrected chi connectivity index (χ2v) is 4.74. The third kappa shape index (κ3) is 1.70. The summed E-state index contributed by atoms with van der Waals surface area (Å²) in [6.07, 6.45) is 7.31. The van der Waals surface area contributed by atoms with Gasteiger partial charge in [0.25, 0.3) is 0 Å². The van der Waals surface area contributed by atoms with Gasteiger partial charge in [0.05, 0.1) is 0 Å². The number of hydrogen-bond donors (Lipinski definition) is 1. The molecule has 1 aromatic heterocycles. The average molecular weight is 202 g/mol. The maximum absolute atomic E-state index is 5.73. The Morgan fingerprint density at radius 2 is 2.33 bits per heavy atom. The summed E-state index contributed by atoms with van der Waals surface area (Å²) in [4.78, 5) is 4.35. The molecular formula is C13H18N2. The van der Waals surface area contributed by atoms with Crippen molar-refractivity contribution in [2.24, 2.45) is 5.73 Å². The molecule has 80 valence electrons. The molecule has 0 fully saturated rings. The maximum atomic E-state index is 5.73. The molecule has 15 heavy (non-hydrogen) atoms. The lowest BCUT2D eigenvalue weighted by molar-refractivity contribution is 0.505. The summed E-state index contributed by atoms with van der Waals surface area (Å²) in [7, 11) is 0. The Kier molecular flexibility index (Phi) is 2.39. The molecule has 0 saturated heterocycles. The van der Waals surface area contributed by atoms with Gasteiger partial charge in [0.2, 0.25) is 0 Å². The first-order valence-corrected chi connectivity index (χ1v) is 5.43. The lowest BCUT2D eigenvalue weighted by Crippen LogP contribution is -2.35. The number of fused-ring (bicyclic) bond motifs is 1. The molecule has 2 unspecified atom stereocenters. The number of allylic oxidation sites excluding steroid dienone is 1. The van der Waals surface area contributed by atoms with Crippen LogP contribution in [0.5, 0.6) is 0 Å². The van der Waals surface area contributed by atoms with Gasteiger partial charge < -0.3 is 5.73 Å². The van der Waals surface area contributed by atoms with Crippen LogP contribution >= 0.6 is 0 Å². The van der Waals surface area contributed by atoms with Gasteiger partial charge in [-0.05, 0) is 37.5 Å². The van der Waals surface area contributed by atoms with E-state index in [4.69, 9.17) is 5.73 Å². The first-order chi connectivity index (χ1) is 7.03. The van der Waals surface area contributed by atoms with E-state index in [-0.39, 0.29) is 11.5 Å². The van der Waals surface area contributed by atoms with Crippen molar-refractivity contribution in [3.8, 4) is 0 Å². The fraction of sp³-hybridized carbons (Fsp3) is 0.462. The minimum absolute atomic E-state index is 0.128. The van der Waals surface area contributed by atoms with Crippen LogP contribution in [0.4, 0.5) is 0 Å². The monoisotopic (exact) mass is 202 g/mol. The Morgan fingerprint density at radius 3 is 2.93 bits per heavy atom. The molecule has 0 amide bonds.